The molecule has 0 bridgehead atoms. The molecule has 2 aliphatic rings. The summed E-state index contributed by atoms with van der Waals surface area (Å²) >= 11 is 0. The topological polar surface area (TPSA) is 105 Å². The second kappa shape index (κ2) is 5.68. The van der Waals surface area contributed by atoms with Gasteiger partial charge in [0, 0.05) is 18.5 Å². The maximum atomic E-state index is 12.5. The summed E-state index contributed by atoms with van der Waals surface area (Å²) in [5.74, 6) is -0.243. The van der Waals surface area contributed by atoms with Crippen LogP contribution in [-0.2, 0) is 4.79 Å². The Bertz CT molecular complexity index is 652. The molecule has 0 aliphatic carbocycles. The van der Waals surface area contributed by atoms with E-state index in [9.17, 15) is 14.4 Å². The van der Waals surface area contributed by atoms with Crippen molar-refractivity contribution in [3.05, 3.63) is 17.5 Å². The highest BCUT2D eigenvalue weighted by Crippen LogP contribution is 2.27. The van der Waals surface area contributed by atoms with Gasteiger partial charge >= 0.3 is 6.03 Å². The number of carbonyl (C=O) groups excluding carboxylic acids is 3. The molecule has 3 rings (SSSR count). The zero-order valence-corrected chi connectivity index (χ0v) is 13.2. The smallest absolute Gasteiger partial charge is 0.322 e. The van der Waals surface area contributed by atoms with Gasteiger partial charge in [-0.25, -0.2) is 4.79 Å². The molecule has 1 aromatic rings. The maximum Gasteiger partial charge on any atom is 0.322 e. The summed E-state index contributed by atoms with van der Waals surface area (Å²) in [7, 11) is 0. The molecule has 0 radical (unpaired) electrons. The summed E-state index contributed by atoms with van der Waals surface area (Å²) in [6, 6.07) is 1.16. The molecule has 0 saturated carbocycles. The number of nitrogens with one attached hydrogen (secondary N) is 2. The highest BCUT2D eigenvalue weighted by molar-refractivity contribution is 6.08. The van der Waals surface area contributed by atoms with E-state index in [-0.39, 0.29) is 30.0 Å². The van der Waals surface area contributed by atoms with Crippen molar-refractivity contribution < 1.29 is 18.9 Å². The van der Waals surface area contributed by atoms with Gasteiger partial charge in [-0.05, 0) is 19.3 Å². The summed E-state index contributed by atoms with van der Waals surface area (Å²) in [4.78, 5) is 37.3. The minimum absolute atomic E-state index is 0.143. The standard InChI is InChI=1S/C15H20N4O4/c1-3-9(4-2)10-7-11(23-18-10)12(20)19-6-5-15(8-19)13(21)16-14(22)17-15/h7,9H,3-6,8H2,1-2H3,(H2,16,17,21,22)/t15-/m1/s1. The fourth-order valence-corrected chi connectivity index (χ4v) is 3.24. The van der Waals surface area contributed by atoms with Crippen molar-refractivity contribution in [2.45, 2.75) is 44.6 Å². The number of likely N-dealkylation sites (tertiary alicyclic amines) is 1. The first-order valence-electron chi connectivity index (χ1n) is 7.88. The Morgan fingerprint density at radius 3 is 2.78 bits per heavy atom. The average Bonchev–Trinajstić information content (AvgIpc) is 3.21. The minimum atomic E-state index is -1.01. The van der Waals surface area contributed by atoms with Crippen molar-refractivity contribution in [3.63, 3.8) is 0 Å². The van der Waals surface area contributed by atoms with Crippen LogP contribution in [0.2, 0.25) is 0 Å². The molecule has 23 heavy (non-hydrogen) atoms. The van der Waals surface area contributed by atoms with Gasteiger partial charge in [-0.15, -0.1) is 0 Å². The van der Waals surface area contributed by atoms with Crippen LogP contribution in [0.4, 0.5) is 4.79 Å². The monoisotopic (exact) mass is 320 g/mol. The predicted molar refractivity (Wildman–Crippen MR) is 79.8 cm³/mol. The van der Waals surface area contributed by atoms with Crippen LogP contribution in [0.15, 0.2) is 10.6 Å². The van der Waals surface area contributed by atoms with Gasteiger partial charge in [0.25, 0.3) is 11.8 Å². The molecular weight excluding hydrogens is 300 g/mol. The van der Waals surface area contributed by atoms with Crippen molar-refractivity contribution >= 4 is 17.8 Å². The number of urea groups is 1. The number of rotatable bonds is 4. The molecule has 1 atom stereocenters. The zero-order valence-electron chi connectivity index (χ0n) is 13.2. The van der Waals surface area contributed by atoms with E-state index in [1.165, 1.54) is 4.90 Å². The molecule has 1 spiro atoms. The molecule has 0 unspecified atom stereocenters. The molecule has 2 fully saturated rings. The van der Waals surface area contributed by atoms with E-state index in [4.69, 9.17) is 4.52 Å². The van der Waals surface area contributed by atoms with E-state index in [0.717, 1.165) is 18.5 Å². The minimum Gasteiger partial charge on any atom is -0.351 e. The molecule has 8 nitrogen and oxygen atoms in total. The van der Waals surface area contributed by atoms with E-state index in [2.05, 4.69) is 29.6 Å². The van der Waals surface area contributed by atoms with Crippen LogP contribution >= 0.6 is 0 Å². The fourth-order valence-electron chi connectivity index (χ4n) is 3.24. The number of hydrogen-bond acceptors (Lipinski definition) is 5. The van der Waals surface area contributed by atoms with E-state index in [1.807, 2.05) is 0 Å². The molecule has 2 saturated heterocycles. The largest absolute Gasteiger partial charge is 0.351 e. The Morgan fingerprint density at radius 2 is 2.17 bits per heavy atom. The van der Waals surface area contributed by atoms with E-state index in [1.54, 1.807) is 6.07 Å². The van der Waals surface area contributed by atoms with Gasteiger partial charge in [-0.1, -0.05) is 19.0 Å². The number of aromatic nitrogens is 1. The lowest BCUT2D eigenvalue weighted by atomic mass is 9.99. The van der Waals surface area contributed by atoms with Gasteiger partial charge < -0.3 is 14.7 Å². The van der Waals surface area contributed by atoms with Crippen LogP contribution < -0.4 is 10.6 Å². The Hall–Kier alpha value is -2.38. The fraction of sp³-hybridized carbons (Fsp3) is 0.600. The van der Waals surface area contributed by atoms with Gasteiger partial charge in [0.15, 0.2) is 0 Å². The van der Waals surface area contributed by atoms with E-state index < -0.39 is 11.6 Å². The van der Waals surface area contributed by atoms with Crippen LogP contribution in [0, 0.1) is 0 Å². The molecule has 8 heteroatoms. The second-order valence-electron chi connectivity index (χ2n) is 6.10. The third-order valence-electron chi connectivity index (χ3n) is 4.71. The molecule has 1 aromatic heterocycles. The molecule has 124 valence electrons. The Kier molecular flexibility index (Phi) is 3.83. The number of hydrogen-bond donors (Lipinski definition) is 2. The normalized spacial score (nSPS) is 23.7. The highest BCUT2D eigenvalue weighted by atomic mass is 16.5. The van der Waals surface area contributed by atoms with Crippen molar-refractivity contribution in [1.82, 2.24) is 20.7 Å². The van der Waals surface area contributed by atoms with Crippen molar-refractivity contribution in [3.8, 4) is 0 Å². The SMILES string of the molecule is CCC(CC)c1cc(C(=O)N2CC[C@]3(C2)NC(=O)NC3=O)on1. The van der Waals surface area contributed by atoms with Crippen LogP contribution in [-0.4, -0.2) is 46.5 Å². The molecule has 3 heterocycles. The van der Waals surface area contributed by atoms with E-state index in [0.29, 0.717) is 13.0 Å². The van der Waals surface area contributed by atoms with Crippen molar-refractivity contribution in [1.29, 1.82) is 0 Å². The first-order chi connectivity index (χ1) is 11.0. The number of amides is 4. The summed E-state index contributed by atoms with van der Waals surface area (Å²) < 4.78 is 5.19. The molecule has 4 amide bonds. The second-order valence-corrected chi connectivity index (χ2v) is 6.10. The third-order valence-corrected chi connectivity index (χ3v) is 4.71. The predicted octanol–water partition coefficient (Wildman–Crippen LogP) is 1.00. The number of nitrogens with zero attached hydrogens (tertiary/aromatic N) is 2. The van der Waals surface area contributed by atoms with Crippen LogP contribution in [0.5, 0.6) is 0 Å². The number of carbonyl (C=O) groups is 3. The lowest BCUT2D eigenvalue weighted by molar-refractivity contribution is -0.123. The van der Waals surface area contributed by atoms with Gasteiger partial charge in [-0.2, -0.15) is 0 Å². The summed E-state index contributed by atoms with van der Waals surface area (Å²) in [5.41, 5.74) is -0.232. The molecule has 2 aliphatic heterocycles. The maximum absolute atomic E-state index is 12.5. The van der Waals surface area contributed by atoms with Gasteiger partial charge in [-0.3, -0.25) is 14.9 Å². The Morgan fingerprint density at radius 1 is 1.43 bits per heavy atom. The van der Waals surface area contributed by atoms with Gasteiger partial charge in [0.2, 0.25) is 5.76 Å². The van der Waals surface area contributed by atoms with E-state index >= 15 is 0 Å². The first kappa shape index (κ1) is 15.5. The molecule has 2 N–H and O–H groups in total. The third kappa shape index (κ3) is 2.58. The lowest BCUT2D eigenvalue weighted by Crippen LogP contribution is -2.49. The summed E-state index contributed by atoms with van der Waals surface area (Å²) in [6.07, 6.45) is 2.25. The zero-order chi connectivity index (χ0) is 16.6. The average molecular weight is 320 g/mol. The number of imide groups is 1. The summed E-state index contributed by atoms with van der Waals surface area (Å²) in [5, 5.41) is 8.83. The quantitative estimate of drug-likeness (QED) is 0.805. The first-order valence-corrected chi connectivity index (χ1v) is 7.88. The summed E-state index contributed by atoms with van der Waals surface area (Å²) in [6.45, 7) is 4.66. The van der Waals surface area contributed by atoms with Crippen LogP contribution in [0.1, 0.15) is 55.3 Å². The molecular formula is C15H20N4O4. The van der Waals surface area contributed by atoms with Gasteiger partial charge in [0.1, 0.15) is 5.54 Å². The Labute approximate surface area is 133 Å². The Balaban J connectivity index is 1.73. The van der Waals surface area contributed by atoms with Crippen LogP contribution in [0.25, 0.3) is 0 Å². The van der Waals surface area contributed by atoms with Crippen molar-refractivity contribution in [2.75, 3.05) is 13.1 Å². The highest BCUT2D eigenvalue weighted by Gasteiger charge is 2.52. The van der Waals surface area contributed by atoms with Gasteiger partial charge in [0.05, 0.1) is 12.2 Å². The molecule has 0 aromatic carbocycles. The van der Waals surface area contributed by atoms with Crippen LogP contribution in [0.3, 0.4) is 0 Å². The van der Waals surface area contributed by atoms with Crippen molar-refractivity contribution in [2.24, 2.45) is 0 Å². The lowest BCUT2D eigenvalue weighted by Gasteiger charge is -2.20.